The molecule has 2 aromatic carbocycles. The van der Waals surface area contributed by atoms with Crippen LogP contribution < -0.4 is 5.32 Å². The Hall–Kier alpha value is -3.04. The molecule has 8 nitrogen and oxygen atoms in total. The van der Waals surface area contributed by atoms with Crippen molar-refractivity contribution in [3.63, 3.8) is 0 Å². The molecule has 0 saturated carbocycles. The van der Waals surface area contributed by atoms with Crippen LogP contribution in [0.15, 0.2) is 45.8 Å². The van der Waals surface area contributed by atoms with Crippen molar-refractivity contribution in [1.29, 1.82) is 0 Å². The highest BCUT2D eigenvalue weighted by molar-refractivity contribution is 7.89. The van der Waals surface area contributed by atoms with Crippen molar-refractivity contribution in [3.8, 4) is 11.4 Å². The van der Waals surface area contributed by atoms with E-state index in [0.717, 1.165) is 42.5 Å². The smallest absolute Gasteiger partial charge is 0.316 e. The summed E-state index contributed by atoms with van der Waals surface area (Å²) < 4.78 is 33.1. The number of benzene rings is 2. The minimum Gasteiger partial charge on any atom is -0.328 e. The second-order valence-corrected chi connectivity index (χ2v) is 10.2. The molecule has 0 unspecified atom stereocenters. The molecule has 0 radical (unpaired) electrons. The molecule has 33 heavy (non-hydrogen) atoms. The molecule has 1 N–H and O–H groups in total. The van der Waals surface area contributed by atoms with Crippen LogP contribution in [-0.2, 0) is 16.4 Å². The van der Waals surface area contributed by atoms with Crippen LogP contribution in [0.4, 0.5) is 5.69 Å². The second-order valence-electron chi connectivity index (χ2n) is 8.28. The fourth-order valence-corrected chi connectivity index (χ4v) is 5.83. The molecule has 1 amide bonds. The normalized spacial score (nSPS) is 14.9. The van der Waals surface area contributed by atoms with Gasteiger partial charge in [-0.05, 0) is 55.9 Å². The molecule has 1 aliphatic rings. The SMILES string of the molecule is CCc1cccc(C)c1NC(=O)c1nc(-c2ccc(C)c(S(=O)(=O)N3CCCCC3)c2)no1. The highest BCUT2D eigenvalue weighted by Gasteiger charge is 2.28. The molecular formula is C24H28N4O4S. The summed E-state index contributed by atoms with van der Waals surface area (Å²) in [5, 5.41) is 6.78. The van der Waals surface area contributed by atoms with Crippen LogP contribution in [0, 0.1) is 13.8 Å². The van der Waals surface area contributed by atoms with Crippen LogP contribution in [0.5, 0.6) is 0 Å². The van der Waals surface area contributed by atoms with Gasteiger partial charge in [-0.1, -0.05) is 48.8 Å². The summed E-state index contributed by atoms with van der Waals surface area (Å²) >= 11 is 0. The molecule has 0 atom stereocenters. The Balaban J connectivity index is 1.60. The number of hydrogen-bond donors (Lipinski definition) is 1. The summed E-state index contributed by atoms with van der Waals surface area (Å²) in [4.78, 5) is 17.2. The lowest BCUT2D eigenvalue weighted by molar-refractivity contribution is 0.0981. The first-order valence-corrected chi connectivity index (χ1v) is 12.6. The summed E-state index contributed by atoms with van der Waals surface area (Å²) in [6.45, 7) is 6.75. The average Bonchev–Trinajstić information content (AvgIpc) is 3.31. The number of hydrogen-bond acceptors (Lipinski definition) is 6. The van der Waals surface area contributed by atoms with E-state index in [4.69, 9.17) is 4.52 Å². The van der Waals surface area contributed by atoms with E-state index in [1.165, 1.54) is 4.31 Å². The Labute approximate surface area is 194 Å². The number of amides is 1. The Morgan fingerprint density at radius 2 is 1.85 bits per heavy atom. The molecule has 9 heteroatoms. The van der Waals surface area contributed by atoms with Crippen LogP contribution in [0.2, 0.25) is 0 Å². The topological polar surface area (TPSA) is 105 Å². The average molecular weight is 469 g/mol. The Morgan fingerprint density at radius 1 is 1.09 bits per heavy atom. The number of sulfonamides is 1. The Kier molecular flexibility index (Phi) is 6.62. The zero-order chi connectivity index (χ0) is 23.6. The number of piperidine rings is 1. The van der Waals surface area contributed by atoms with Crippen LogP contribution in [-0.4, -0.2) is 41.9 Å². The molecular weight excluding hydrogens is 440 g/mol. The van der Waals surface area contributed by atoms with Gasteiger partial charge < -0.3 is 9.84 Å². The third kappa shape index (κ3) is 4.69. The molecule has 1 fully saturated rings. The van der Waals surface area contributed by atoms with E-state index < -0.39 is 15.9 Å². The first-order valence-electron chi connectivity index (χ1n) is 11.2. The van der Waals surface area contributed by atoms with Gasteiger partial charge in [-0.15, -0.1) is 0 Å². The summed E-state index contributed by atoms with van der Waals surface area (Å²) in [7, 11) is -3.62. The number of aryl methyl sites for hydroxylation is 3. The van der Waals surface area contributed by atoms with Gasteiger partial charge in [-0.25, -0.2) is 8.42 Å². The standard InChI is InChI=1S/C24H28N4O4S/c1-4-18-10-8-9-17(3)21(18)25-23(29)24-26-22(27-32-24)19-12-11-16(2)20(15-19)33(30,31)28-13-6-5-7-14-28/h8-12,15H,4-7,13-14H2,1-3H3,(H,25,29). The van der Waals surface area contributed by atoms with Gasteiger partial charge in [0.25, 0.3) is 0 Å². The highest BCUT2D eigenvalue weighted by atomic mass is 32.2. The van der Waals surface area contributed by atoms with Crippen molar-refractivity contribution < 1.29 is 17.7 Å². The molecule has 1 aliphatic heterocycles. The van der Waals surface area contributed by atoms with Gasteiger partial charge in [-0.3, -0.25) is 4.79 Å². The summed E-state index contributed by atoms with van der Waals surface area (Å²) in [5.74, 6) is -0.530. The maximum atomic E-state index is 13.2. The van der Waals surface area contributed by atoms with Crippen molar-refractivity contribution in [2.45, 2.75) is 51.3 Å². The zero-order valence-corrected chi connectivity index (χ0v) is 19.9. The lowest BCUT2D eigenvalue weighted by atomic mass is 10.1. The summed E-state index contributed by atoms with van der Waals surface area (Å²) in [6, 6.07) is 10.8. The number of anilines is 1. The summed E-state index contributed by atoms with van der Waals surface area (Å²) in [6.07, 6.45) is 3.54. The summed E-state index contributed by atoms with van der Waals surface area (Å²) in [5.41, 5.74) is 3.80. The van der Waals surface area contributed by atoms with Crippen molar-refractivity contribution in [2.24, 2.45) is 0 Å². The monoisotopic (exact) mass is 468 g/mol. The van der Waals surface area contributed by atoms with Gasteiger partial charge in [0.1, 0.15) is 0 Å². The van der Waals surface area contributed by atoms with E-state index in [1.807, 2.05) is 32.0 Å². The van der Waals surface area contributed by atoms with Crippen LogP contribution >= 0.6 is 0 Å². The fourth-order valence-electron chi connectivity index (χ4n) is 4.06. The molecule has 1 saturated heterocycles. The number of para-hydroxylation sites is 1. The lowest BCUT2D eigenvalue weighted by Crippen LogP contribution is -2.35. The number of nitrogens with zero attached hydrogens (tertiary/aromatic N) is 3. The predicted octanol–water partition coefficient (Wildman–Crippen LogP) is 4.34. The van der Waals surface area contributed by atoms with Crippen molar-refractivity contribution in [2.75, 3.05) is 18.4 Å². The maximum absolute atomic E-state index is 13.2. The number of carbonyl (C=O) groups is 1. The van der Waals surface area contributed by atoms with Gasteiger partial charge >= 0.3 is 11.8 Å². The molecule has 0 bridgehead atoms. The maximum Gasteiger partial charge on any atom is 0.316 e. The fraction of sp³-hybridized carbons (Fsp3) is 0.375. The molecule has 0 spiro atoms. The van der Waals surface area contributed by atoms with E-state index in [2.05, 4.69) is 15.5 Å². The molecule has 0 aliphatic carbocycles. The van der Waals surface area contributed by atoms with E-state index in [0.29, 0.717) is 24.2 Å². The van der Waals surface area contributed by atoms with Gasteiger partial charge in [0.2, 0.25) is 15.8 Å². The number of rotatable bonds is 6. The van der Waals surface area contributed by atoms with Crippen LogP contribution in [0.3, 0.4) is 0 Å². The Bertz CT molecular complexity index is 1280. The minimum atomic E-state index is -3.62. The molecule has 174 valence electrons. The molecule has 3 aromatic rings. The quantitative estimate of drug-likeness (QED) is 0.577. The first-order chi connectivity index (χ1) is 15.8. The van der Waals surface area contributed by atoms with E-state index in [-0.39, 0.29) is 16.6 Å². The number of carbonyl (C=O) groups excluding carboxylic acids is 1. The van der Waals surface area contributed by atoms with Crippen molar-refractivity contribution in [1.82, 2.24) is 14.4 Å². The van der Waals surface area contributed by atoms with Crippen molar-refractivity contribution >= 4 is 21.6 Å². The second kappa shape index (κ2) is 9.44. The first kappa shape index (κ1) is 23.1. The van der Waals surface area contributed by atoms with Crippen molar-refractivity contribution in [3.05, 3.63) is 59.0 Å². The van der Waals surface area contributed by atoms with Gasteiger partial charge in [0.15, 0.2) is 0 Å². The molecule has 4 rings (SSSR count). The third-order valence-corrected chi connectivity index (χ3v) is 8.02. The van der Waals surface area contributed by atoms with Crippen LogP contribution in [0.1, 0.15) is 53.6 Å². The van der Waals surface area contributed by atoms with Gasteiger partial charge in [0.05, 0.1) is 4.90 Å². The Morgan fingerprint density at radius 3 is 2.58 bits per heavy atom. The van der Waals surface area contributed by atoms with Gasteiger partial charge in [-0.2, -0.15) is 9.29 Å². The van der Waals surface area contributed by atoms with Crippen LogP contribution in [0.25, 0.3) is 11.4 Å². The van der Waals surface area contributed by atoms with E-state index in [9.17, 15) is 13.2 Å². The predicted molar refractivity (Wildman–Crippen MR) is 126 cm³/mol. The molecule has 1 aromatic heterocycles. The van der Waals surface area contributed by atoms with E-state index >= 15 is 0 Å². The zero-order valence-electron chi connectivity index (χ0n) is 19.1. The number of nitrogens with one attached hydrogen (secondary N) is 1. The van der Waals surface area contributed by atoms with E-state index in [1.54, 1.807) is 25.1 Å². The highest BCUT2D eigenvalue weighted by Crippen LogP contribution is 2.28. The lowest BCUT2D eigenvalue weighted by Gasteiger charge is -2.26. The third-order valence-electron chi connectivity index (χ3n) is 5.98. The minimum absolute atomic E-state index is 0.163. The number of aromatic nitrogens is 2. The van der Waals surface area contributed by atoms with Gasteiger partial charge in [0, 0.05) is 24.3 Å². The molecule has 2 heterocycles. The largest absolute Gasteiger partial charge is 0.328 e.